The van der Waals surface area contributed by atoms with Crippen LogP contribution in [0, 0.1) is 6.92 Å². The number of nitrogens with zero attached hydrogens (tertiary/aromatic N) is 3. The number of hydrogen-bond donors (Lipinski definition) is 1. The molecule has 0 saturated heterocycles. The highest BCUT2D eigenvalue weighted by molar-refractivity contribution is 5.97. The van der Waals surface area contributed by atoms with Crippen LogP contribution < -0.4 is 5.32 Å². The van der Waals surface area contributed by atoms with Crippen LogP contribution in [0.3, 0.4) is 0 Å². The molecule has 1 amide bonds. The summed E-state index contributed by atoms with van der Waals surface area (Å²) in [5.41, 5.74) is 2.19. The van der Waals surface area contributed by atoms with Crippen LogP contribution in [0.4, 0.5) is 5.69 Å². The lowest BCUT2D eigenvalue weighted by molar-refractivity contribution is -0.119. The van der Waals surface area contributed by atoms with Crippen LogP contribution in [0.2, 0.25) is 0 Å². The summed E-state index contributed by atoms with van der Waals surface area (Å²) in [6.45, 7) is 2.63. The first-order chi connectivity index (χ1) is 13.4. The van der Waals surface area contributed by atoms with Gasteiger partial charge >= 0.3 is 5.97 Å². The van der Waals surface area contributed by atoms with Crippen molar-refractivity contribution in [2.45, 2.75) is 13.8 Å². The van der Waals surface area contributed by atoms with E-state index >= 15 is 0 Å². The van der Waals surface area contributed by atoms with Crippen molar-refractivity contribution in [3.05, 3.63) is 71.5 Å². The third-order valence-corrected chi connectivity index (χ3v) is 3.87. The molecule has 0 atom stereocenters. The van der Waals surface area contributed by atoms with E-state index in [1.54, 1.807) is 43.3 Å². The van der Waals surface area contributed by atoms with Gasteiger partial charge in [-0.25, -0.2) is 4.79 Å². The number of anilines is 1. The number of aromatic nitrogens is 3. The summed E-state index contributed by atoms with van der Waals surface area (Å²) >= 11 is 0. The van der Waals surface area contributed by atoms with Crippen LogP contribution in [0.5, 0.6) is 0 Å². The predicted molar refractivity (Wildman–Crippen MR) is 101 cm³/mol. The molecule has 0 aliphatic carbocycles. The number of carbonyl (C=O) groups excluding carboxylic acids is 3. The first kappa shape index (κ1) is 19.0. The molecular weight excluding hydrogens is 360 g/mol. The average Bonchev–Trinajstić information content (AvgIpc) is 3.09. The Hall–Kier alpha value is -3.81. The molecule has 0 saturated carbocycles. The van der Waals surface area contributed by atoms with Gasteiger partial charge in [-0.1, -0.05) is 18.2 Å². The van der Waals surface area contributed by atoms with Gasteiger partial charge in [-0.2, -0.15) is 9.90 Å². The van der Waals surface area contributed by atoms with E-state index in [1.807, 2.05) is 18.2 Å². The maximum absolute atomic E-state index is 12.2. The topological polar surface area (TPSA) is 103 Å². The first-order valence-electron chi connectivity index (χ1n) is 8.51. The number of esters is 1. The van der Waals surface area contributed by atoms with Crippen molar-refractivity contribution in [1.82, 2.24) is 15.0 Å². The third-order valence-electron chi connectivity index (χ3n) is 3.87. The summed E-state index contributed by atoms with van der Waals surface area (Å²) < 4.78 is 5.03. The zero-order valence-electron chi connectivity index (χ0n) is 15.4. The molecule has 1 N–H and O–H groups in total. The molecule has 0 unspecified atom stereocenters. The van der Waals surface area contributed by atoms with E-state index in [0.717, 1.165) is 0 Å². The summed E-state index contributed by atoms with van der Waals surface area (Å²) in [4.78, 5) is 36.8. The SMILES string of the molecule is CC(=O)c1ccc(NC(=O)COC(=O)c2nn(-c3ccccc3)nc2C)cc1. The lowest BCUT2D eigenvalue weighted by atomic mass is 10.1. The standard InChI is InChI=1S/C20H18N4O4/c1-13-19(23-24(22-13)17-6-4-3-5-7-17)20(27)28-12-18(26)21-16-10-8-15(9-11-16)14(2)25/h3-11H,12H2,1-2H3,(H,21,26). The fraction of sp³-hybridized carbons (Fsp3) is 0.150. The second-order valence-electron chi connectivity index (χ2n) is 6.02. The molecule has 2 aromatic carbocycles. The van der Waals surface area contributed by atoms with Crippen LogP contribution in [-0.2, 0) is 9.53 Å². The lowest BCUT2D eigenvalue weighted by Crippen LogP contribution is -2.21. The number of amides is 1. The minimum Gasteiger partial charge on any atom is -0.451 e. The minimum atomic E-state index is -0.734. The van der Waals surface area contributed by atoms with Crippen LogP contribution >= 0.6 is 0 Å². The maximum atomic E-state index is 12.2. The highest BCUT2D eigenvalue weighted by Gasteiger charge is 2.19. The smallest absolute Gasteiger partial charge is 0.361 e. The Balaban J connectivity index is 1.58. The van der Waals surface area contributed by atoms with Crippen molar-refractivity contribution in [1.29, 1.82) is 0 Å². The van der Waals surface area contributed by atoms with Crippen LogP contribution in [0.15, 0.2) is 54.6 Å². The normalized spacial score (nSPS) is 10.4. The molecule has 8 nitrogen and oxygen atoms in total. The van der Waals surface area contributed by atoms with Crippen molar-refractivity contribution >= 4 is 23.3 Å². The number of hydrogen-bond acceptors (Lipinski definition) is 6. The molecule has 8 heteroatoms. The summed E-state index contributed by atoms with van der Waals surface area (Å²) in [7, 11) is 0. The van der Waals surface area contributed by atoms with Crippen molar-refractivity contribution < 1.29 is 19.1 Å². The van der Waals surface area contributed by atoms with Gasteiger partial charge in [-0.15, -0.1) is 5.10 Å². The quantitative estimate of drug-likeness (QED) is 0.522. The van der Waals surface area contributed by atoms with Crippen LogP contribution in [0.25, 0.3) is 5.69 Å². The van der Waals surface area contributed by atoms with Gasteiger partial charge in [-0.05, 0) is 50.2 Å². The second kappa shape index (κ2) is 8.26. The van der Waals surface area contributed by atoms with Gasteiger partial charge in [0.25, 0.3) is 5.91 Å². The molecule has 142 valence electrons. The van der Waals surface area contributed by atoms with Gasteiger partial charge < -0.3 is 10.1 Å². The monoisotopic (exact) mass is 378 g/mol. The highest BCUT2D eigenvalue weighted by Crippen LogP contribution is 2.11. The fourth-order valence-electron chi connectivity index (χ4n) is 2.43. The second-order valence-corrected chi connectivity index (χ2v) is 6.02. The lowest BCUT2D eigenvalue weighted by Gasteiger charge is -2.06. The fourth-order valence-corrected chi connectivity index (χ4v) is 2.43. The van der Waals surface area contributed by atoms with E-state index in [1.165, 1.54) is 11.7 Å². The Morgan fingerprint density at radius 1 is 1.00 bits per heavy atom. The number of ether oxygens (including phenoxy) is 1. The molecule has 28 heavy (non-hydrogen) atoms. The highest BCUT2D eigenvalue weighted by atomic mass is 16.5. The Bertz CT molecular complexity index is 1010. The van der Waals surface area contributed by atoms with Gasteiger partial charge in [0.05, 0.1) is 11.4 Å². The first-order valence-corrected chi connectivity index (χ1v) is 8.51. The zero-order valence-corrected chi connectivity index (χ0v) is 15.4. The third kappa shape index (κ3) is 4.47. The Morgan fingerprint density at radius 3 is 2.32 bits per heavy atom. The van der Waals surface area contributed by atoms with E-state index in [-0.39, 0.29) is 11.5 Å². The molecule has 1 aromatic heterocycles. The van der Waals surface area contributed by atoms with E-state index in [4.69, 9.17) is 4.74 Å². The molecular formula is C20H18N4O4. The van der Waals surface area contributed by atoms with Gasteiger partial charge in [-0.3, -0.25) is 9.59 Å². The molecule has 1 heterocycles. The summed E-state index contributed by atoms with van der Waals surface area (Å²) in [5.74, 6) is -1.30. The number of benzene rings is 2. The summed E-state index contributed by atoms with van der Waals surface area (Å²) in [6, 6.07) is 15.6. The number of nitrogens with one attached hydrogen (secondary N) is 1. The van der Waals surface area contributed by atoms with Crippen molar-refractivity contribution in [3.8, 4) is 5.69 Å². The number of Topliss-reactive ketones (excluding diaryl/α,β-unsaturated/α-hetero) is 1. The van der Waals surface area contributed by atoms with Crippen molar-refractivity contribution in [3.63, 3.8) is 0 Å². The van der Waals surface area contributed by atoms with Gasteiger partial charge in [0.2, 0.25) is 0 Å². The number of para-hydroxylation sites is 1. The molecule has 0 spiro atoms. The van der Waals surface area contributed by atoms with Crippen LogP contribution in [0.1, 0.15) is 33.5 Å². The van der Waals surface area contributed by atoms with E-state index in [0.29, 0.717) is 22.6 Å². The van der Waals surface area contributed by atoms with E-state index in [2.05, 4.69) is 15.5 Å². The Kier molecular flexibility index (Phi) is 5.59. The summed E-state index contributed by atoms with van der Waals surface area (Å²) in [6.07, 6.45) is 0. The van der Waals surface area contributed by atoms with Crippen molar-refractivity contribution in [2.24, 2.45) is 0 Å². The Morgan fingerprint density at radius 2 is 1.68 bits per heavy atom. The minimum absolute atomic E-state index is 0.0439. The molecule has 3 rings (SSSR count). The molecule has 0 fully saturated rings. The molecule has 0 bridgehead atoms. The van der Waals surface area contributed by atoms with Gasteiger partial charge in [0, 0.05) is 11.3 Å². The molecule has 0 aliphatic rings. The number of ketones is 1. The Labute approximate surface area is 161 Å². The van der Waals surface area contributed by atoms with E-state index in [9.17, 15) is 14.4 Å². The predicted octanol–water partition coefficient (Wildman–Crippen LogP) is 2.57. The number of aryl methyl sites for hydroxylation is 1. The number of rotatable bonds is 6. The number of carbonyl (C=O) groups is 3. The largest absolute Gasteiger partial charge is 0.451 e. The molecule has 0 radical (unpaired) electrons. The maximum Gasteiger partial charge on any atom is 0.361 e. The van der Waals surface area contributed by atoms with Crippen LogP contribution in [-0.4, -0.2) is 39.3 Å². The van der Waals surface area contributed by atoms with Gasteiger partial charge in [0.15, 0.2) is 18.1 Å². The van der Waals surface area contributed by atoms with Gasteiger partial charge in [0.1, 0.15) is 0 Å². The summed E-state index contributed by atoms with van der Waals surface area (Å²) in [5, 5.41) is 10.9. The molecule has 3 aromatic rings. The van der Waals surface area contributed by atoms with E-state index < -0.39 is 18.5 Å². The molecule has 0 aliphatic heterocycles. The average molecular weight is 378 g/mol. The van der Waals surface area contributed by atoms with Crippen molar-refractivity contribution in [2.75, 3.05) is 11.9 Å². The zero-order chi connectivity index (χ0) is 20.1.